The molecule has 1 heterocycles. The zero-order valence-electron chi connectivity index (χ0n) is 8.09. The van der Waals surface area contributed by atoms with Crippen molar-refractivity contribution in [3.05, 3.63) is 0 Å². The Balaban J connectivity index is 2.62. The number of aliphatic hydroxyl groups is 1. The Morgan fingerprint density at radius 3 is 2.00 bits per heavy atom. The van der Waals surface area contributed by atoms with Gasteiger partial charge in [-0.05, 0) is 5.41 Å². The Kier molecular flexibility index (Phi) is 2.76. The van der Waals surface area contributed by atoms with E-state index in [0.717, 1.165) is 0 Å². The first-order valence-electron chi connectivity index (χ1n) is 4.42. The summed E-state index contributed by atoms with van der Waals surface area (Å²) in [5.41, 5.74) is -0.682. The summed E-state index contributed by atoms with van der Waals surface area (Å²) >= 11 is -0.682. The number of hydrogen-bond acceptors (Lipinski definition) is 2. The summed E-state index contributed by atoms with van der Waals surface area (Å²) in [6.45, 7) is 6.13. The van der Waals surface area contributed by atoms with Crippen LogP contribution in [0.5, 0.6) is 0 Å². The van der Waals surface area contributed by atoms with E-state index in [4.69, 9.17) is 0 Å². The van der Waals surface area contributed by atoms with Gasteiger partial charge in [-0.25, -0.2) is 0 Å². The van der Waals surface area contributed by atoms with Gasteiger partial charge in [0.05, 0.1) is 5.60 Å². The first kappa shape index (κ1) is 10.4. The van der Waals surface area contributed by atoms with E-state index in [-0.39, 0.29) is 5.41 Å². The van der Waals surface area contributed by atoms with Crippen LogP contribution in [0.2, 0.25) is 0 Å². The Labute approximate surface area is 77.5 Å². The molecule has 0 saturated carbocycles. The second kappa shape index (κ2) is 3.20. The van der Waals surface area contributed by atoms with Crippen LogP contribution in [0.4, 0.5) is 0 Å². The molecule has 0 radical (unpaired) electrons. The molecule has 2 nitrogen and oxygen atoms in total. The van der Waals surface area contributed by atoms with Gasteiger partial charge in [-0.15, -0.1) is 0 Å². The molecule has 72 valence electrons. The molecular formula is C9H18O2S. The van der Waals surface area contributed by atoms with E-state index in [1.54, 1.807) is 0 Å². The summed E-state index contributed by atoms with van der Waals surface area (Å²) in [5.74, 6) is 1.32. The van der Waals surface area contributed by atoms with Gasteiger partial charge in [-0.3, -0.25) is 0 Å². The van der Waals surface area contributed by atoms with E-state index in [0.29, 0.717) is 24.3 Å². The molecule has 0 aromatic heterocycles. The Hall–Kier alpha value is 0.270. The Morgan fingerprint density at radius 2 is 1.67 bits per heavy atom. The van der Waals surface area contributed by atoms with Crippen molar-refractivity contribution in [3.63, 3.8) is 0 Å². The first-order valence-corrected chi connectivity index (χ1v) is 5.91. The largest absolute Gasteiger partial charge is 0.616 e. The van der Waals surface area contributed by atoms with Crippen LogP contribution in [0.1, 0.15) is 33.6 Å². The van der Waals surface area contributed by atoms with Crippen molar-refractivity contribution in [1.82, 2.24) is 0 Å². The van der Waals surface area contributed by atoms with Crippen molar-refractivity contribution in [3.8, 4) is 0 Å². The van der Waals surface area contributed by atoms with Crippen LogP contribution in [0.15, 0.2) is 0 Å². The summed E-state index contributed by atoms with van der Waals surface area (Å²) in [6, 6.07) is 0. The fourth-order valence-corrected chi connectivity index (χ4v) is 2.88. The molecule has 3 heteroatoms. The van der Waals surface area contributed by atoms with Crippen molar-refractivity contribution in [2.75, 3.05) is 11.5 Å². The van der Waals surface area contributed by atoms with Crippen molar-refractivity contribution >= 4 is 11.2 Å². The lowest BCUT2D eigenvalue weighted by Gasteiger charge is -2.42. The SMILES string of the molecule is CC(C)(C)[C@]1(O)CC[S@+]([O-])CC1. The summed E-state index contributed by atoms with van der Waals surface area (Å²) in [7, 11) is 0. The minimum absolute atomic E-state index is 0.0857. The Morgan fingerprint density at radius 1 is 1.25 bits per heavy atom. The molecule has 0 amide bonds. The predicted octanol–water partition coefficient (Wildman–Crippen LogP) is 1.31. The molecule has 0 unspecified atom stereocenters. The van der Waals surface area contributed by atoms with Gasteiger partial charge >= 0.3 is 0 Å². The zero-order chi connectivity index (χ0) is 9.41. The third-order valence-electron chi connectivity index (χ3n) is 2.88. The lowest BCUT2D eigenvalue weighted by atomic mass is 9.73. The van der Waals surface area contributed by atoms with E-state index in [9.17, 15) is 9.66 Å². The van der Waals surface area contributed by atoms with E-state index in [1.807, 2.05) is 20.8 Å². The number of rotatable bonds is 0. The van der Waals surface area contributed by atoms with Crippen LogP contribution in [-0.4, -0.2) is 26.8 Å². The van der Waals surface area contributed by atoms with E-state index >= 15 is 0 Å². The van der Waals surface area contributed by atoms with Crippen LogP contribution < -0.4 is 0 Å². The van der Waals surface area contributed by atoms with Gasteiger partial charge in [0.15, 0.2) is 0 Å². The highest BCUT2D eigenvalue weighted by Gasteiger charge is 2.44. The van der Waals surface area contributed by atoms with Crippen molar-refractivity contribution in [1.29, 1.82) is 0 Å². The molecule has 0 aromatic rings. The van der Waals surface area contributed by atoms with Crippen LogP contribution in [0.3, 0.4) is 0 Å². The molecular weight excluding hydrogens is 172 g/mol. The van der Waals surface area contributed by atoms with Crippen molar-refractivity contribution in [2.45, 2.75) is 39.2 Å². The predicted molar refractivity (Wildman–Crippen MR) is 51.5 cm³/mol. The average molecular weight is 190 g/mol. The van der Waals surface area contributed by atoms with Crippen LogP contribution in [-0.2, 0) is 11.2 Å². The maximum atomic E-state index is 11.1. The van der Waals surface area contributed by atoms with Gasteiger partial charge in [0.1, 0.15) is 11.5 Å². The molecule has 0 bridgehead atoms. The highest BCUT2D eigenvalue weighted by atomic mass is 32.2. The smallest absolute Gasteiger partial charge is 0.108 e. The molecule has 1 saturated heterocycles. The van der Waals surface area contributed by atoms with Gasteiger partial charge in [0, 0.05) is 12.8 Å². The van der Waals surface area contributed by atoms with Gasteiger partial charge in [-0.2, -0.15) is 0 Å². The quantitative estimate of drug-likeness (QED) is 0.585. The molecule has 1 rings (SSSR count). The molecule has 12 heavy (non-hydrogen) atoms. The van der Waals surface area contributed by atoms with E-state index in [1.165, 1.54) is 0 Å². The fraction of sp³-hybridized carbons (Fsp3) is 1.00. The van der Waals surface area contributed by atoms with E-state index < -0.39 is 16.8 Å². The molecule has 1 N–H and O–H groups in total. The molecule has 1 aliphatic heterocycles. The summed E-state index contributed by atoms with van der Waals surface area (Å²) < 4.78 is 11.1. The molecule has 1 fully saturated rings. The standard InChI is InChI=1S/C9H18O2S/c1-8(2,3)9(10)4-6-12(11)7-5-9/h10H,4-7H2,1-3H3/t9-,12-. The first-order chi connectivity index (χ1) is 5.35. The second-order valence-electron chi connectivity index (χ2n) is 4.63. The summed E-state index contributed by atoms with van der Waals surface area (Å²) in [6.07, 6.45) is 1.37. The highest BCUT2D eigenvalue weighted by Crippen LogP contribution is 2.39. The van der Waals surface area contributed by atoms with Gasteiger partial charge in [-0.1, -0.05) is 31.9 Å². The Bertz CT molecular complexity index is 154. The third-order valence-corrected chi connectivity index (χ3v) is 4.20. The summed E-state index contributed by atoms with van der Waals surface area (Å²) in [4.78, 5) is 0. The molecule has 0 atom stereocenters. The monoisotopic (exact) mass is 190 g/mol. The van der Waals surface area contributed by atoms with Gasteiger partial charge in [0.2, 0.25) is 0 Å². The third kappa shape index (κ3) is 1.95. The van der Waals surface area contributed by atoms with Crippen LogP contribution >= 0.6 is 0 Å². The topological polar surface area (TPSA) is 43.3 Å². The van der Waals surface area contributed by atoms with Gasteiger partial charge in [0.25, 0.3) is 0 Å². The molecule has 1 aliphatic rings. The minimum Gasteiger partial charge on any atom is -0.616 e. The lowest BCUT2D eigenvalue weighted by molar-refractivity contribution is -0.0649. The maximum Gasteiger partial charge on any atom is 0.108 e. The van der Waals surface area contributed by atoms with Crippen molar-refractivity contribution in [2.24, 2.45) is 5.41 Å². The molecule has 0 spiro atoms. The van der Waals surface area contributed by atoms with Crippen molar-refractivity contribution < 1.29 is 9.66 Å². The van der Waals surface area contributed by atoms with Crippen LogP contribution in [0, 0.1) is 5.41 Å². The van der Waals surface area contributed by atoms with E-state index in [2.05, 4.69) is 0 Å². The minimum atomic E-state index is -0.682. The number of hydrogen-bond donors (Lipinski definition) is 1. The average Bonchev–Trinajstić information content (AvgIpc) is 1.93. The van der Waals surface area contributed by atoms with Gasteiger partial charge < -0.3 is 9.66 Å². The molecule has 0 aromatic carbocycles. The summed E-state index contributed by atoms with van der Waals surface area (Å²) in [5, 5.41) is 10.2. The highest BCUT2D eigenvalue weighted by molar-refractivity contribution is 7.91. The fourth-order valence-electron chi connectivity index (χ4n) is 1.54. The second-order valence-corrected chi connectivity index (χ2v) is 6.33. The zero-order valence-corrected chi connectivity index (χ0v) is 8.91. The lowest BCUT2D eigenvalue weighted by Crippen LogP contribution is -2.48. The van der Waals surface area contributed by atoms with Crippen LogP contribution in [0.25, 0.3) is 0 Å². The molecule has 0 aliphatic carbocycles. The maximum absolute atomic E-state index is 11.1. The normalized spacial score (nSPS) is 38.2.